The molecule has 0 amide bonds. The van der Waals surface area contributed by atoms with Crippen LogP contribution in [0.5, 0.6) is 0 Å². The van der Waals surface area contributed by atoms with E-state index in [1.165, 1.54) is 17.2 Å². The molecule has 0 saturated heterocycles. The first kappa shape index (κ1) is 14.0. The molecule has 0 aromatic heterocycles. The molecule has 1 N–H and O–H groups in total. The number of nitro groups is 1. The van der Waals surface area contributed by atoms with Crippen molar-refractivity contribution in [2.24, 2.45) is 0 Å². The topological polar surface area (TPSA) is 55.2 Å². The van der Waals surface area contributed by atoms with Crippen LogP contribution < -0.4 is 5.32 Å². The van der Waals surface area contributed by atoms with Gasteiger partial charge in [-0.15, -0.1) is 0 Å². The van der Waals surface area contributed by atoms with Gasteiger partial charge in [-0.25, -0.2) is 0 Å². The van der Waals surface area contributed by atoms with E-state index in [1.807, 2.05) is 12.1 Å². The lowest BCUT2D eigenvalue weighted by atomic mass is 10.1. The van der Waals surface area contributed by atoms with E-state index in [-0.39, 0.29) is 16.7 Å². The number of rotatable bonds is 4. The van der Waals surface area contributed by atoms with Crippen molar-refractivity contribution in [3.05, 3.63) is 74.3 Å². The lowest BCUT2D eigenvalue weighted by Crippen LogP contribution is -2.19. The molecule has 21 heavy (non-hydrogen) atoms. The first-order valence-electron chi connectivity index (χ1n) is 6.89. The van der Waals surface area contributed by atoms with Crippen molar-refractivity contribution in [1.82, 2.24) is 5.32 Å². The highest BCUT2D eigenvalue weighted by Gasteiger charge is 2.22. The molecule has 0 fully saturated rings. The molecular weight excluding hydrogens is 288 g/mol. The van der Waals surface area contributed by atoms with Crippen LogP contribution in [0.3, 0.4) is 0 Å². The normalized spacial score (nSPS) is 16.7. The van der Waals surface area contributed by atoms with Gasteiger partial charge in [0.05, 0.1) is 4.92 Å². The van der Waals surface area contributed by atoms with E-state index in [9.17, 15) is 10.1 Å². The summed E-state index contributed by atoms with van der Waals surface area (Å²) in [5, 5.41) is 15.0. The molecule has 5 heteroatoms. The quantitative estimate of drug-likeness (QED) is 0.685. The van der Waals surface area contributed by atoms with Crippen LogP contribution in [0.4, 0.5) is 5.69 Å². The maximum atomic E-state index is 11.1. The van der Waals surface area contributed by atoms with E-state index in [1.54, 1.807) is 12.1 Å². The fourth-order valence-corrected chi connectivity index (χ4v) is 3.07. The molecule has 1 aliphatic rings. The zero-order valence-electron chi connectivity index (χ0n) is 11.4. The Morgan fingerprint density at radius 2 is 2.10 bits per heavy atom. The van der Waals surface area contributed by atoms with E-state index >= 15 is 0 Å². The van der Waals surface area contributed by atoms with Crippen molar-refractivity contribution < 1.29 is 4.92 Å². The van der Waals surface area contributed by atoms with Gasteiger partial charge in [-0.1, -0.05) is 35.9 Å². The van der Waals surface area contributed by atoms with Crippen LogP contribution in [-0.4, -0.2) is 4.92 Å². The van der Waals surface area contributed by atoms with Crippen molar-refractivity contribution >= 4 is 17.3 Å². The number of hydrogen-bond donors (Lipinski definition) is 1. The highest BCUT2D eigenvalue weighted by atomic mass is 35.5. The summed E-state index contributed by atoms with van der Waals surface area (Å²) >= 11 is 5.95. The fourth-order valence-electron chi connectivity index (χ4n) is 2.88. The maximum Gasteiger partial charge on any atom is 0.273 e. The lowest BCUT2D eigenvalue weighted by Gasteiger charge is -2.14. The lowest BCUT2D eigenvalue weighted by molar-refractivity contribution is -0.385. The average molecular weight is 303 g/mol. The Kier molecular flexibility index (Phi) is 3.90. The van der Waals surface area contributed by atoms with Gasteiger partial charge in [-0.3, -0.25) is 10.1 Å². The van der Waals surface area contributed by atoms with E-state index in [2.05, 4.69) is 17.4 Å². The van der Waals surface area contributed by atoms with Gasteiger partial charge in [0.25, 0.3) is 5.69 Å². The number of halogens is 1. The second kappa shape index (κ2) is 5.84. The van der Waals surface area contributed by atoms with Crippen LogP contribution in [-0.2, 0) is 13.0 Å². The zero-order valence-corrected chi connectivity index (χ0v) is 12.1. The molecule has 108 valence electrons. The number of nitrogens with one attached hydrogen (secondary N) is 1. The summed E-state index contributed by atoms with van der Waals surface area (Å²) in [5.74, 6) is 0. The number of aryl methyl sites for hydroxylation is 1. The third kappa shape index (κ3) is 2.91. The Morgan fingerprint density at radius 3 is 2.90 bits per heavy atom. The molecule has 0 bridgehead atoms. The van der Waals surface area contributed by atoms with E-state index in [0.29, 0.717) is 17.1 Å². The molecule has 0 saturated carbocycles. The van der Waals surface area contributed by atoms with Crippen LogP contribution in [0.15, 0.2) is 42.5 Å². The highest BCUT2D eigenvalue weighted by Crippen LogP contribution is 2.31. The van der Waals surface area contributed by atoms with Crippen molar-refractivity contribution in [3.8, 4) is 0 Å². The summed E-state index contributed by atoms with van der Waals surface area (Å²) in [7, 11) is 0. The Morgan fingerprint density at radius 1 is 1.29 bits per heavy atom. The molecule has 4 nitrogen and oxygen atoms in total. The standard InChI is InChI=1S/C16H15ClN2O2/c17-13-6-8-16(19(20)21)12(9-13)10-18-15-7-5-11-3-1-2-4-14(11)15/h1-4,6,8-9,15,18H,5,7,10H2. The van der Waals surface area contributed by atoms with Gasteiger partial charge in [0.2, 0.25) is 0 Å². The van der Waals surface area contributed by atoms with Gasteiger partial charge < -0.3 is 5.32 Å². The van der Waals surface area contributed by atoms with Gasteiger partial charge in [0, 0.05) is 29.2 Å². The Labute approximate surface area is 127 Å². The summed E-state index contributed by atoms with van der Waals surface area (Å²) < 4.78 is 0. The van der Waals surface area contributed by atoms with Crippen molar-refractivity contribution in [1.29, 1.82) is 0 Å². The fraction of sp³-hybridized carbons (Fsp3) is 0.250. The molecule has 1 aliphatic carbocycles. The molecule has 1 atom stereocenters. The second-order valence-electron chi connectivity index (χ2n) is 5.20. The Hall–Kier alpha value is -1.91. The number of benzene rings is 2. The average Bonchev–Trinajstić information content (AvgIpc) is 2.88. The third-order valence-electron chi connectivity index (χ3n) is 3.91. The molecule has 0 heterocycles. The number of nitrogens with zero attached hydrogens (tertiary/aromatic N) is 1. The Balaban J connectivity index is 1.77. The largest absolute Gasteiger partial charge is 0.306 e. The molecule has 1 unspecified atom stereocenters. The highest BCUT2D eigenvalue weighted by molar-refractivity contribution is 6.30. The van der Waals surface area contributed by atoms with Gasteiger partial charge in [-0.05, 0) is 36.1 Å². The van der Waals surface area contributed by atoms with E-state index in [4.69, 9.17) is 11.6 Å². The predicted molar refractivity (Wildman–Crippen MR) is 82.5 cm³/mol. The zero-order chi connectivity index (χ0) is 14.8. The summed E-state index contributed by atoms with van der Waals surface area (Å²) in [6.45, 7) is 0.440. The summed E-state index contributed by atoms with van der Waals surface area (Å²) in [5.41, 5.74) is 3.38. The van der Waals surface area contributed by atoms with Crippen LogP contribution in [0.2, 0.25) is 5.02 Å². The van der Waals surface area contributed by atoms with Crippen molar-refractivity contribution in [3.63, 3.8) is 0 Å². The number of fused-ring (bicyclic) bond motifs is 1. The summed E-state index contributed by atoms with van der Waals surface area (Å²) in [6.07, 6.45) is 2.07. The van der Waals surface area contributed by atoms with Crippen LogP contribution in [0, 0.1) is 10.1 Å². The predicted octanol–water partition coefficient (Wildman–Crippen LogP) is 4.03. The van der Waals surface area contributed by atoms with Gasteiger partial charge in [-0.2, -0.15) is 0 Å². The van der Waals surface area contributed by atoms with Gasteiger partial charge in [0.15, 0.2) is 0 Å². The number of hydrogen-bond acceptors (Lipinski definition) is 3. The minimum Gasteiger partial charge on any atom is -0.306 e. The first-order chi connectivity index (χ1) is 10.1. The maximum absolute atomic E-state index is 11.1. The molecule has 0 aliphatic heterocycles. The van der Waals surface area contributed by atoms with Crippen LogP contribution in [0.25, 0.3) is 0 Å². The third-order valence-corrected chi connectivity index (χ3v) is 4.15. The monoisotopic (exact) mass is 302 g/mol. The smallest absolute Gasteiger partial charge is 0.273 e. The van der Waals surface area contributed by atoms with Gasteiger partial charge >= 0.3 is 0 Å². The molecule has 2 aromatic carbocycles. The first-order valence-corrected chi connectivity index (χ1v) is 7.27. The SMILES string of the molecule is O=[N+]([O-])c1ccc(Cl)cc1CNC1CCc2ccccc21. The molecule has 0 radical (unpaired) electrons. The molecule has 3 rings (SSSR count). The van der Waals surface area contributed by atoms with Crippen molar-refractivity contribution in [2.75, 3.05) is 0 Å². The van der Waals surface area contributed by atoms with Crippen LogP contribution in [0.1, 0.15) is 29.2 Å². The van der Waals surface area contributed by atoms with E-state index < -0.39 is 0 Å². The Bertz CT molecular complexity index is 688. The number of nitro benzene ring substituents is 1. The second-order valence-corrected chi connectivity index (χ2v) is 5.64. The molecule has 2 aromatic rings. The summed E-state index contributed by atoms with van der Waals surface area (Å²) in [6, 6.07) is 13.2. The van der Waals surface area contributed by atoms with Gasteiger partial charge in [0.1, 0.15) is 0 Å². The van der Waals surface area contributed by atoms with Crippen LogP contribution >= 0.6 is 11.6 Å². The minimum absolute atomic E-state index is 0.109. The minimum atomic E-state index is -0.365. The molecule has 0 spiro atoms. The van der Waals surface area contributed by atoms with E-state index in [0.717, 1.165) is 12.8 Å². The molecular formula is C16H15ClN2O2. The summed E-state index contributed by atoms with van der Waals surface area (Å²) in [4.78, 5) is 10.7. The van der Waals surface area contributed by atoms with Crippen molar-refractivity contribution in [2.45, 2.75) is 25.4 Å².